The lowest BCUT2D eigenvalue weighted by Gasteiger charge is -2.29. The minimum Gasteiger partial charge on any atom is -0.348 e. The smallest absolute Gasteiger partial charge is 0.184 e. The van der Waals surface area contributed by atoms with E-state index in [0.29, 0.717) is 13.2 Å². The summed E-state index contributed by atoms with van der Waals surface area (Å²) in [6.07, 6.45) is 0.551. The van der Waals surface area contributed by atoms with E-state index in [2.05, 4.69) is 4.84 Å². The van der Waals surface area contributed by atoms with Gasteiger partial charge in [0.1, 0.15) is 0 Å². The van der Waals surface area contributed by atoms with Gasteiger partial charge < -0.3 is 14.3 Å². The number of rotatable bonds is 3. The average molecular weight is 209 g/mol. The van der Waals surface area contributed by atoms with Crippen LogP contribution in [0.3, 0.4) is 0 Å². The number of nitrogens with two attached hydrogens (primary N) is 1. The molecule has 0 aromatic heterocycles. The van der Waals surface area contributed by atoms with Gasteiger partial charge in [0.05, 0.1) is 19.3 Å². The Hall–Kier alpha value is -0.940. The first kappa shape index (κ1) is 10.6. The molecular weight excluding hydrogens is 194 g/mol. The minimum absolute atomic E-state index is 0.0222. The molecule has 4 heteroatoms. The van der Waals surface area contributed by atoms with Gasteiger partial charge in [-0.15, -0.1) is 0 Å². The van der Waals surface area contributed by atoms with E-state index < -0.39 is 0 Å². The van der Waals surface area contributed by atoms with Crippen molar-refractivity contribution in [3.05, 3.63) is 35.9 Å². The first-order chi connectivity index (χ1) is 7.40. The summed E-state index contributed by atoms with van der Waals surface area (Å²) in [7, 11) is 0. The van der Waals surface area contributed by atoms with Crippen molar-refractivity contribution in [3.63, 3.8) is 0 Å². The molecule has 0 spiro atoms. The molecule has 0 bridgehead atoms. The molecule has 0 unspecified atom stereocenters. The Labute approximate surface area is 88.9 Å². The van der Waals surface area contributed by atoms with E-state index in [1.807, 2.05) is 30.3 Å². The van der Waals surface area contributed by atoms with E-state index in [1.165, 1.54) is 0 Å². The van der Waals surface area contributed by atoms with Crippen molar-refractivity contribution in [2.45, 2.75) is 18.8 Å². The maximum absolute atomic E-state index is 5.69. The van der Waals surface area contributed by atoms with Crippen LogP contribution < -0.4 is 5.90 Å². The Morgan fingerprint density at radius 3 is 2.87 bits per heavy atom. The number of ether oxygens (including phenoxy) is 2. The van der Waals surface area contributed by atoms with Gasteiger partial charge in [0.2, 0.25) is 0 Å². The maximum Gasteiger partial charge on any atom is 0.184 e. The van der Waals surface area contributed by atoms with Crippen molar-refractivity contribution in [3.8, 4) is 0 Å². The van der Waals surface area contributed by atoms with Gasteiger partial charge in [-0.25, -0.2) is 5.90 Å². The van der Waals surface area contributed by atoms with Crippen LogP contribution in [0.2, 0.25) is 0 Å². The van der Waals surface area contributed by atoms with Crippen molar-refractivity contribution >= 4 is 0 Å². The Morgan fingerprint density at radius 2 is 2.13 bits per heavy atom. The van der Waals surface area contributed by atoms with E-state index in [-0.39, 0.29) is 12.4 Å². The van der Waals surface area contributed by atoms with Crippen LogP contribution in [0.25, 0.3) is 0 Å². The Morgan fingerprint density at radius 1 is 1.33 bits per heavy atom. The predicted octanol–water partition coefficient (Wildman–Crippen LogP) is 1.38. The molecule has 1 heterocycles. The fraction of sp³-hybridized carbons (Fsp3) is 0.455. The van der Waals surface area contributed by atoms with E-state index in [9.17, 15) is 0 Å². The normalized spacial score (nSPS) is 26.5. The van der Waals surface area contributed by atoms with Crippen molar-refractivity contribution < 1.29 is 14.3 Å². The van der Waals surface area contributed by atoms with Gasteiger partial charge in [-0.05, 0) is 6.42 Å². The molecule has 82 valence electrons. The van der Waals surface area contributed by atoms with Crippen LogP contribution in [0.4, 0.5) is 0 Å². The van der Waals surface area contributed by atoms with Gasteiger partial charge in [-0.3, -0.25) is 0 Å². The topological polar surface area (TPSA) is 53.7 Å². The second-order valence-electron chi connectivity index (χ2n) is 3.49. The van der Waals surface area contributed by atoms with Crippen LogP contribution in [0.5, 0.6) is 0 Å². The third-order valence-corrected chi connectivity index (χ3v) is 2.38. The summed E-state index contributed by atoms with van der Waals surface area (Å²) in [5.41, 5.74) is 1.03. The fourth-order valence-electron chi connectivity index (χ4n) is 1.60. The molecule has 0 radical (unpaired) electrons. The predicted molar refractivity (Wildman–Crippen MR) is 54.8 cm³/mol. The summed E-state index contributed by atoms with van der Waals surface area (Å²) >= 11 is 0. The highest BCUT2D eigenvalue weighted by molar-refractivity contribution is 5.16. The molecule has 15 heavy (non-hydrogen) atoms. The highest BCUT2D eigenvalue weighted by Crippen LogP contribution is 2.25. The van der Waals surface area contributed by atoms with Gasteiger partial charge in [0.15, 0.2) is 6.29 Å². The Balaban J connectivity index is 1.98. The molecule has 0 saturated carbocycles. The number of hydrogen-bond acceptors (Lipinski definition) is 4. The summed E-state index contributed by atoms with van der Waals surface area (Å²) in [4.78, 5) is 4.58. The standard InChI is InChI=1S/C11H15NO3/c12-14-8-10-6-7-13-11(15-10)9-4-2-1-3-5-9/h1-5,10-11H,6-8,12H2/t10-,11-/m1/s1. The lowest BCUT2D eigenvalue weighted by molar-refractivity contribution is -0.227. The minimum atomic E-state index is -0.292. The lowest BCUT2D eigenvalue weighted by Crippen LogP contribution is -2.31. The first-order valence-corrected chi connectivity index (χ1v) is 5.04. The molecule has 1 aliphatic rings. The van der Waals surface area contributed by atoms with Crippen molar-refractivity contribution in [2.24, 2.45) is 5.90 Å². The van der Waals surface area contributed by atoms with Gasteiger partial charge in [-0.1, -0.05) is 30.3 Å². The largest absolute Gasteiger partial charge is 0.348 e. The number of hydrogen-bond donors (Lipinski definition) is 1. The van der Waals surface area contributed by atoms with E-state index in [4.69, 9.17) is 15.4 Å². The fourth-order valence-corrected chi connectivity index (χ4v) is 1.60. The maximum atomic E-state index is 5.69. The Kier molecular flexibility index (Phi) is 3.69. The van der Waals surface area contributed by atoms with E-state index >= 15 is 0 Å². The molecule has 0 amide bonds. The third-order valence-electron chi connectivity index (χ3n) is 2.38. The zero-order valence-corrected chi connectivity index (χ0v) is 8.46. The molecule has 1 aromatic carbocycles. The van der Waals surface area contributed by atoms with Gasteiger partial charge in [0.25, 0.3) is 0 Å². The SMILES string of the molecule is NOC[C@H]1CCO[C@@H](c2ccccc2)O1. The second-order valence-corrected chi connectivity index (χ2v) is 3.49. The van der Waals surface area contributed by atoms with Crippen molar-refractivity contribution in [1.29, 1.82) is 0 Å². The highest BCUT2D eigenvalue weighted by atomic mass is 16.7. The summed E-state index contributed by atoms with van der Waals surface area (Å²) in [6, 6.07) is 9.86. The molecule has 2 rings (SSSR count). The van der Waals surface area contributed by atoms with Crippen LogP contribution in [0, 0.1) is 0 Å². The van der Waals surface area contributed by atoms with Crippen LogP contribution in [-0.4, -0.2) is 19.3 Å². The summed E-state index contributed by atoms with van der Waals surface area (Å²) < 4.78 is 11.2. The molecule has 4 nitrogen and oxygen atoms in total. The molecule has 1 saturated heterocycles. The molecule has 2 N–H and O–H groups in total. The zero-order chi connectivity index (χ0) is 10.5. The van der Waals surface area contributed by atoms with Crippen LogP contribution in [-0.2, 0) is 14.3 Å². The molecule has 2 atom stereocenters. The molecule has 1 aliphatic heterocycles. The van der Waals surface area contributed by atoms with Gasteiger partial charge in [0, 0.05) is 5.56 Å². The molecule has 1 aromatic rings. The second kappa shape index (κ2) is 5.23. The van der Waals surface area contributed by atoms with Crippen LogP contribution in [0.15, 0.2) is 30.3 Å². The quantitative estimate of drug-likeness (QED) is 0.764. The molecule has 1 fully saturated rings. The molecular formula is C11H15NO3. The lowest BCUT2D eigenvalue weighted by atomic mass is 10.2. The summed E-state index contributed by atoms with van der Waals surface area (Å²) in [6.45, 7) is 1.08. The Bertz CT molecular complexity index is 289. The zero-order valence-electron chi connectivity index (χ0n) is 8.46. The average Bonchev–Trinajstić information content (AvgIpc) is 2.31. The monoisotopic (exact) mass is 209 g/mol. The van der Waals surface area contributed by atoms with Crippen LogP contribution >= 0.6 is 0 Å². The first-order valence-electron chi connectivity index (χ1n) is 5.04. The van der Waals surface area contributed by atoms with Gasteiger partial charge >= 0.3 is 0 Å². The number of benzene rings is 1. The third kappa shape index (κ3) is 2.76. The highest BCUT2D eigenvalue weighted by Gasteiger charge is 2.23. The van der Waals surface area contributed by atoms with E-state index in [0.717, 1.165) is 12.0 Å². The summed E-state index contributed by atoms with van der Waals surface area (Å²) in [5.74, 6) is 5.02. The van der Waals surface area contributed by atoms with E-state index in [1.54, 1.807) is 0 Å². The van der Waals surface area contributed by atoms with Crippen molar-refractivity contribution in [2.75, 3.05) is 13.2 Å². The summed E-state index contributed by atoms with van der Waals surface area (Å²) in [5, 5.41) is 0. The van der Waals surface area contributed by atoms with Crippen molar-refractivity contribution in [1.82, 2.24) is 0 Å². The molecule has 0 aliphatic carbocycles. The van der Waals surface area contributed by atoms with Gasteiger partial charge in [-0.2, -0.15) is 0 Å². The van der Waals surface area contributed by atoms with Crippen LogP contribution in [0.1, 0.15) is 18.3 Å².